The van der Waals surface area contributed by atoms with Crippen molar-refractivity contribution >= 4 is 17.3 Å². The Morgan fingerprint density at radius 2 is 2.24 bits per heavy atom. The molecule has 0 fully saturated rings. The monoisotopic (exact) mass is 305 g/mol. The van der Waals surface area contributed by atoms with E-state index in [9.17, 15) is 4.79 Å². The van der Waals surface area contributed by atoms with Crippen LogP contribution < -0.4 is 10.9 Å². The summed E-state index contributed by atoms with van der Waals surface area (Å²) in [7, 11) is 1.59. The second kappa shape index (κ2) is 7.27. The molecule has 1 aliphatic carbocycles. The predicted octanol–water partition coefficient (Wildman–Crippen LogP) is 3.81. The van der Waals surface area contributed by atoms with Crippen LogP contribution >= 0.6 is 11.6 Å². The first kappa shape index (κ1) is 15.6. The van der Waals surface area contributed by atoms with Crippen molar-refractivity contribution < 1.29 is 0 Å². The molecule has 0 saturated heterocycles. The topological polar surface area (TPSA) is 46.9 Å². The molecule has 5 heteroatoms. The first-order valence-electron chi connectivity index (χ1n) is 7.17. The Labute approximate surface area is 129 Å². The molecule has 0 aromatic carbocycles. The van der Waals surface area contributed by atoms with Crippen LogP contribution in [-0.4, -0.2) is 9.78 Å². The summed E-state index contributed by atoms with van der Waals surface area (Å²) < 4.78 is 1.25. The van der Waals surface area contributed by atoms with Gasteiger partial charge in [-0.15, -0.1) is 0 Å². The second-order valence-corrected chi connectivity index (χ2v) is 5.40. The molecule has 2 rings (SSSR count). The number of hydrogen-bond acceptors (Lipinski definition) is 3. The fourth-order valence-corrected chi connectivity index (χ4v) is 2.39. The van der Waals surface area contributed by atoms with Crippen LogP contribution in [0.25, 0.3) is 0 Å². The molecule has 1 heterocycles. The zero-order chi connectivity index (χ0) is 15.2. The molecule has 0 radical (unpaired) electrons. The van der Waals surface area contributed by atoms with Crippen molar-refractivity contribution in [1.82, 2.24) is 9.78 Å². The maximum atomic E-state index is 12.1. The third-order valence-electron chi connectivity index (χ3n) is 3.38. The van der Waals surface area contributed by atoms with Gasteiger partial charge in [0.2, 0.25) is 0 Å². The van der Waals surface area contributed by atoms with Gasteiger partial charge in [0.05, 0.1) is 0 Å². The Hall–Kier alpha value is -1.81. The van der Waals surface area contributed by atoms with Gasteiger partial charge >= 0.3 is 0 Å². The van der Waals surface area contributed by atoms with Gasteiger partial charge in [-0.1, -0.05) is 36.8 Å². The molecule has 21 heavy (non-hydrogen) atoms. The van der Waals surface area contributed by atoms with Crippen molar-refractivity contribution in [3.63, 3.8) is 0 Å². The minimum atomic E-state index is -0.182. The normalized spacial score (nSPS) is 15.6. The van der Waals surface area contributed by atoms with Gasteiger partial charge in [0.25, 0.3) is 5.56 Å². The Kier molecular flexibility index (Phi) is 5.39. The van der Waals surface area contributed by atoms with Crippen molar-refractivity contribution in [3.8, 4) is 0 Å². The molecule has 0 unspecified atom stereocenters. The lowest BCUT2D eigenvalue weighted by Crippen LogP contribution is -2.23. The second-order valence-electron chi connectivity index (χ2n) is 5.02. The molecule has 0 atom stereocenters. The summed E-state index contributed by atoms with van der Waals surface area (Å²) in [4.78, 5) is 12.1. The van der Waals surface area contributed by atoms with Crippen molar-refractivity contribution in [2.24, 2.45) is 7.05 Å². The van der Waals surface area contributed by atoms with Crippen molar-refractivity contribution in [2.75, 3.05) is 5.32 Å². The third kappa shape index (κ3) is 4.33. The van der Waals surface area contributed by atoms with E-state index in [-0.39, 0.29) is 5.56 Å². The van der Waals surface area contributed by atoms with E-state index in [4.69, 9.17) is 11.6 Å². The highest BCUT2D eigenvalue weighted by molar-refractivity contribution is 6.29. The van der Waals surface area contributed by atoms with Crippen molar-refractivity contribution in [1.29, 1.82) is 0 Å². The number of nitrogens with one attached hydrogen (secondary N) is 1. The lowest BCUT2D eigenvalue weighted by molar-refractivity contribution is 0.709. The van der Waals surface area contributed by atoms with E-state index < -0.39 is 0 Å². The molecule has 1 N–H and O–H groups in total. The van der Waals surface area contributed by atoms with Crippen LogP contribution in [0.3, 0.4) is 0 Å². The lowest BCUT2D eigenvalue weighted by atomic mass is 10.1. The highest BCUT2D eigenvalue weighted by Crippen LogP contribution is 2.17. The molecule has 0 bridgehead atoms. The summed E-state index contributed by atoms with van der Waals surface area (Å²) in [6.07, 6.45) is 12.5. The van der Waals surface area contributed by atoms with E-state index in [1.807, 2.05) is 6.08 Å². The van der Waals surface area contributed by atoms with Crippen molar-refractivity contribution in [3.05, 3.63) is 57.1 Å². The maximum absolute atomic E-state index is 12.1. The van der Waals surface area contributed by atoms with Crippen LogP contribution in [0.5, 0.6) is 0 Å². The SMILES string of the molecule is CCC1=CC=C(Nc2cc(Cl)nn(C)c2=O)CCCC=C1. The van der Waals surface area contributed by atoms with E-state index in [2.05, 4.69) is 35.6 Å². The Morgan fingerprint density at radius 3 is 3.00 bits per heavy atom. The van der Waals surface area contributed by atoms with E-state index in [0.717, 1.165) is 31.4 Å². The van der Waals surface area contributed by atoms with Gasteiger partial charge in [-0.3, -0.25) is 4.79 Å². The molecular weight excluding hydrogens is 286 g/mol. The van der Waals surface area contributed by atoms with E-state index in [0.29, 0.717) is 10.8 Å². The molecule has 0 saturated carbocycles. The molecule has 1 aliphatic rings. The maximum Gasteiger partial charge on any atom is 0.290 e. The third-order valence-corrected chi connectivity index (χ3v) is 3.57. The summed E-state index contributed by atoms with van der Waals surface area (Å²) in [6, 6.07) is 1.57. The Balaban J connectivity index is 2.29. The summed E-state index contributed by atoms with van der Waals surface area (Å²) in [5.41, 5.74) is 2.57. The largest absolute Gasteiger partial charge is 0.354 e. The van der Waals surface area contributed by atoms with Crippen LogP contribution in [0.2, 0.25) is 5.15 Å². The first-order valence-corrected chi connectivity index (χ1v) is 7.55. The molecule has 4 nitrogen and oxygen atoms in total. The number of aromatic nitrogens is 2. The molecule has 1 aromatic heterocycles. The molecule has 112 valence electrons. The standard InChI is InChI=1S/C16H20ClN3O/c1-3-12-7-5-4-6-8-13(10-9-12)18-14-11-15(17)19-20(2)16(14)21/h5,7,9-11,18H,3-4,6,8H2,1-2H3. The lowest BCUT2D eigenvalue weighted by Gasteiger charge is -2.10. The fourth-order valence-electron chi connectivity index (χ4n) is 2.17. The minimum absolute atomic E-state index is 0.182. The average Bonchev–Trinajstić information content (AvgIpc) is 2.56. The van der Waals surface area contributed by atoms with Gasteiger partial charge < -0.3 is 5.32 Å². The van der Waals surface area contributed by atoms with Gasteiger partial charge in [0.15, 0.2) is 5.15 Å². The van der Waals surface area contributed by atoms with E-state index in [1.165, 1.54) is 10.3 Å². The zero-order valence-corrected chi connectivity index (χ0v) is 13.2. The number of halogens is 1. The summed E-state index contributed by atoms with van der Waals surface area (Å²) in [5, 5.41) is 7.39. The van der Waals surface area contributed by atoms with Crippen molar-refractivity contribution in [2.45, 2.75) is 32.6 Å². The molecular formula is C16H20ClN3O. The summed E-state index contributed by atoms with van der Waals surface area (Å²) in [5.74, 6) is 0. The number of hydrogen-bond donors (Lipinski definition) is 1. The molecule has 1 aromatic rings. The highest BCUT2D eigenvalue weighted by Gasteiger charge is 2.07. The van der Waals surface area contributed by atoms with Crippen LogP contribution in [-0.2, 0) is 7.05 Å². The van der Waals surface area contributed by atoms with Gasteiger partial charge in [0.1, 0.15) is 5.69 Å². The molecule has 0 aliphatic heterocycles. The quantitative estimate of drug-likeness (QED) is 0.924. The minimum Gasteiger partial charge on any atom is -0.354 e. The van der Waals surface area contributed by atoms with Gasteiger partial charge in [-0.25, -0.2) is 4.68 Å². The highest BCUT2D eigenvalue weighted by atomic mass is 35.5. The summed E-state index contributed by atoms with van der Waals surface area (Å²) >= 11 is 5.92. The van der Waals surface area contributed by atoms with Gasteiger partial charge in [-0.2, -0.15) is 5.10 Å². The van der Waals surface area contributed by atoms with Gasteiger partial charge in [0, 0.05) is 18.8 Å². The molecule has 0 spiro atoms. The average molecular weight is 306 g/mol. The zero-order valence-electron chi connectivity index (χ0n) is 12.4. The molecule has 0 amide bonds. The number of nitrogens with zero attached hydrogens (tertiary/aromatic N) is 2. The fraction of sp³-hybridized carbons (Fsp3) is 0.375. The van der Waals surface area contributed by atoms with E-state index in [1.54, 1.807) is 13.1 Å². The first-order chi connectivity index (χ1) is 10.1. The van der Waals surface area contributed by atoms with Crippen LogP contribution in [0.4, 0.5) is 5.69 Å². The van der Waals surface area contributed by atoms with Crippen LogP contribution in [0.1, 0.15) is 32.6 Å². The van der Waals surface area contributed by atoms with Crippen LogP contribution in [0.15, 0.2) is 46.4 Å². The van der Waals surface area contributed by atoms with E-state index >= 15 is 0 Å². The van der Waals surface area contributed by atoms with Gasteiger partial charge in [-0.05, 0) is 37.3 Å². The number of anilines is 1. The number of aryl methyl sites for hydroxylation is 1. The number of rotatable bonds is 3. The Bertz CT molecular complexity index is 656. The predicted molar refractivity (Wildman–Crippen MR) is 87.6 cm³/mol. The summed E-state index contributed by atoms with van der Waals surface area (Å²) in [6.45, 7) is 2.13. The van der Waals surface area contributed by atoms with Crippen LogP contribution in [0, 0.1) is 0 Å². The number of allylic oxidation sites excluding steroid dienone is 6. The Morgan fingerprint density at radius 1 is 1.43 bits per heavy atom. The smallest absolute Gasteiger partial charge is 0.290 e.